The molecule has 2 aromatic rings. The second kappa shape index (κ2) is 7.53. The van der Waals surface area contributed by atoms with Crippen LogP contribution in [-0.4, -0.2) is 24.3 Å². The molecule has 0 aliphatic carbocycles. The summed E-state index contributed by atoms with van der Waals surface area (Å²) in [7, 11) is 0. The average Bonchev–Trinajstić information content (AvgIpc) is 3.00. The molecule has 27 heavy (non-hydrogen) atoms. The molecule has 0 bridgehead atoms. The Bertz CT molecular complexity index is 917. The van der Waals surface area contributed by atoms with Crippen LogP contribution in [0.2, 0.25) is 0 Å². The smallest absolute Gasteiger partial charge is 0.229 e. The first kappa shape index (κ1) is 18.5. The zero-order valence-corrected chi connectivity index (χ0v) is 14.5. The summed E-state index contributed by atoms with van der Waals surface area (Å²) in [5, 5.41) is 4.96. The molecule has 2 N–H and O–H groups in total. The Labute approximate surface area is 154 Å². The van der Waals surface area contributed by atoms with E-state index >= 15 is 0 Å². The summed E-state index contributed by atoms with van der Waals surface area (Å²) in [6, 6.07) is 9.45. The molecule has 1 aliphatic heterocycles. The van der Waals surface area contributed by atoms with Gasteiger partial charge in [0, 0.05) is 37.3 Å². The zero-order valence-electron chi connectivity index (χ0n) is 14.5. The van der Waals surface area contributed by atoms with Crippen LogP contribution in [0.25, 0.3) is 0 Å². The highest BCUT2D eigenvalue weighted by molar-refractivity contribution is 6.04. The number of nitrogens with one attached hydrogen (secondary N) is 2. The van der Waals surface area contributed by atoms with Gasteiger partial charge in [0.2, 0.25) is 17.7 Å². The van der Waals surface area contributed by atoms with Crippen molar-refractivity contribution in [3.63, 3.8) is 0 Å². The molecule has 0 radical (unpaired) electrons. The topological polar surface area (TPSA) is 78.5 Å². The molecule has 0 spiro atoms. The van der Waals surface area contributed by atoms with E-state index in [1.54, 1.807) is 24.3 Å². The van der Waals surface area contributed by atoms with Crippen molar-refractivity contribution in [1.82, 2.24) is 0 Å². The molecule has 1 aliphatic rings. The Morgan fingerprint density at radius 2 is 1.89 bits per heavy atom. The summed E-state index contributed by atoms with van der Waals surface area (Å²) in [6.07, 6.45) is -0.0485. The highest BCUT2D eigenvalue weighted by Crippen LogP contribution is 2.28. The van der Waals surface area contributed by atoms with Gasteiger partial charge in [0.25, 0.3) is 0 Å². The van der Waals surface area contributed by atoms with E-state index < -0.39 is 23.5 Å². The molecule has 0 saturated carbocycles. The molecular weight excluding hydrogens is 356 g/mol. The molecule has 1 saturated heterocycles. The number of amides is 3. The van der Waals surface area contributed by atoms with E-state index in [0.717, 1.165) is 18.2 Å². The summed E-state index contributed by atoms with van der Waals surface area (Å²) >= 11 is 0. The predicted molar refractivity (Wildman–Crippen MR) is 96.2 cm³/mol. The van der Waals surface area contributed by atoms with Gasteiger partial charge < -0.3 is 15.5 Å². The van der Waals surface area contributed by atoms with Crippen LogP contribution in [0, 0.1) is 17.6 Å². The number of hydrogen-bond acceptors (Lipinski definition) is 3. The number of benzene rings is 2. The molecular formula is C19H17F2N3O3. The standard InChI is InChI=1S/C19H17F2N3O3/c1-11(25)22-14-3-2-4-15(9-14)24-10-12(7-18(24)26)19(27)23-17-8-13(20)5-6-16(17)21/h2-6,8-9,12H,7,10H2,1H3,(H,22,25)(H,23,27)/t12-/m0/s1. The van der Waals surface area contributed by atoms with E-state index in [1.807, 2.05) is 0 Å². The van der Waals surface area contributed by atoms with E-state index in [2.05, 4.69) is 10.6 Å². The first-order valence-corrected chi connectivity index (χ1v) is 8.27. The number of hydrogen-bond donors (Lipinski definition) is 2. The van der Waals surface area contributed by atoms with Gasteiger partial charge in [0.1, 0.15) is 11.6 Å². The molecule has 1 heterocycles. The molecule has 1 atom stereocenters. The third-order valence-electron chi connectivity index (χ3n) is 4.16. The fourth-order valence-electron chi connectivity index (χ4n) is 2.92. The van der Waals surface area contributed by atoms with Crippen molar-refractivity contribution >= 4 is 34.8 Å². The van der Waals surface area contributed by atoms with E-state index in [1.165, 1.54) is 11.8 Å². The van der Waals surface area contributed by atoms with Gasteiger partial charge in [-0.2, -0.15) is 0 Å². The molecule has 8 heteroatoms. The van der Waals surface area contributed by atoms with Gasteiger partial charge >= 0.3 is 0 Å². The minimum atomic E-state index is -0.756. The van der Waals surface area contributed by atoms with Crippen LogP contribution in [0.3, 0.4) is 0 Å². The Kier molecular flexibility index (Phi) is 5.16. The number of halogens is 2. The lowest BCUT2D eigenvalue weighted by Gasteiger charge is -2.18. The van der Waals surface area contributed by atoms with Gasteiger partial charge in [-0.25, -0.2) is 8.78 Å². The summed E-state index contributed by atoms with van der Waals surface area (Å²) in [5.41, 5.74) is 0.805. The molecule has 3 amide bonds. The van der Waals surface area contributed by atoms with Gasteiger partial charge in [0.05, 0.1) is 11.6 Å². The highest BCUT2D eigenvalue weighted by atomic mass is 19.1. The first-order chi connectivity index (χ1) is 12.8. The van der Waals surface area contributed by atoms with Crippen molar-refractivity contribution in [3.8, 4) is 0 Å². The molecule has 140 valence electrons. The Balaban J connectivity index is 1.72. The third-order valence-corrected chi connectivity index (χ3v) is 4.16. The van der Waals surface area contributed by atoms with Crippen LogP contribution in [0.15, 0.2) is 42.5 Å². The average molecular weight is 373 g/mol. The second-order valence-corrected chi connectivity index (χ2v) is 6.25. The summed E-state index contributed by atoms with van der Waals surface area (Å²) in [5.74, 6) is -3.21. The quantitative estimate of drug-likeness (QED) is 0.865. The third kappa shape index (κ3) is 4.28. The Morgan fingerprint density at radius 3 is 2.63 bits per heavy atom. The monoisotopic (exact) mass is 373 g/mol. The Morgan fingerprint density at radius 1 is 1.11 bits per heavy atom. The number of rotatable bonds is 4. The predicted octanol–water partition coefficient (Wildman–Crippen LogP) is 2.91. The normalized spacial score (nSPS) is 16.3. The van der Waals surface area contributed by atoms with Crippen molar-refractivity contribution in [2.24, 2.45) is 5.92 Å². The van der Waals surface area contributed by atoms with E-state index in [9.17, 15) is 23.2 Å². The van der Waals surface area contributed by atoms with Gasteiger partial charge in [-0.3, -0.25) is 14.4 Å². The Hall–Kier alpha value is -3.29. The van der Waals surface area contributed by atoms with Crippen LogP contribution < -0.4 is 15.5 Å². The van der Waals surface area contributed by atoms with E-state index in [-0.39, 0.29) is 30.5 Å². The molecule has 1 fully saturated rings. The van der Waals surface area contributed by atoms with Gasteiger partial charge in [-0.05, 0) is 30.3 Å². The van der Waals surface area contributed by atoms with Crippen LogP contribution in [0.1, 0.15) is 13.3 Å². The molecule has 3 rings (SSSR count). The number of nitrogens with zero attached hydrogens (tertiary/aromatic N) is 1. The maximum Gasteiger partial charge on any atom is 0.229 e. The minimum absolute atomic E-state index is 0.0485. The lowest BCUT2D eigenvalue weighted by molar-refractivity contribution is -0.122. The summed E-state index contributed by atoms with van der Waals surface area (Å²) in [6.45, 7) is 1.48. The van der Waals surface area contributed by atoms with Crippen LogP contribution in [-0.2, 0) is 14.4 Å². The van der Waals surface area contributed by atoms with Gasteiger partial charge in [-0.15, -0.1) is 0 Å². The van der Waals surface area contributed by atoms with Crippen LogP contribution in [0.5, 0.6) is 0 Å². The van der Waals surface area contributed by atoms with Crippen molar-refractivity contribution in [2.75, 3.05) is 22.1 Å². The van der Waals surface area contributed by atoms with Crippen molar-refractivity contribution in [3.05, 3.63) is 54.1 Å². The second-order valence-electron chi connectivity index (χ2n) is 6.25. The van der Waals surface area contributed by atoms with Crippen LogP contribution in [0.4, 0.5) is 25.8 Å². The molecule has 2 aromatic carbocycles. The summed E-state index contributed by atoms with van der Waals surface area (Å²) in [4.78, 5) is 37.3. The number of anilines is 3. The highest BCUT2D eigenvalue weighted by Gasteiger charge is 2.35. The fraction of sp³-hybridized carbons (Fsp3) is 0.211. The fourth-order valence-corrected chi connectivity index (χ4v) is 2.92. The minimum Gasteiger partial charge on any atom is -0.326 e. The maximum atomic E-state index is 13.7. The molecule has 0 aromatic heterocycles. The van der Waals surface area contributed by atoms with Gasteiger partial charge in [0.15, 0.2) is 0 Å². The van der Waals surface area contributed by atoms with Gasteiger partial charge in [-0.1, -0.05) is 6.07 Å². The zero-order chi connectivity index (χ0) is 19.6. The lowest BCUT2D eigenvalue weighted by Crippen LogP contribution is -2.28. The van der Waals surface area contributed by atoms with Crippen molar-refractivity contribution < 1.29 is 23.2 Å². The van der Waals surface area contributed by atoms with Crippen molar-refractivity contribution in [2.45, 2.75) is 13.3 Å². The van der Waals surface area contributed by atoms with E-state index in [4.69, 9.17) is 0 Å². The lowest BCUT2D eigenvalue weighted by atomic mass is 10.1. The number of carbonyl (C=O) groups is 3. The largest absolute Gasteiger partial charge is 0.326 e. The summed E-state index contributed by atoms with van der Waals surface area (Å²) < 4.78 is 26.9. The van der Waals surface area contributed by atoms with E-state index in [0.29, 0.717) is 11.4 Å². The maximum absolute atomic E-state index is 13.7. The molecule has 0 unspecified atom stereocenters. The first-order valence-electron chi connectivity index (χ1n) is 8.27. The van der Waals surface area contributed by atoms with Crippen LogP contribution >= 0.6 is 0 Å². The SMILES string of the molecule is CC(=O)Nc1cccc(N2C[C@@H](C(=O)Nc3cc(F)ccc3F)CC2=O)c1. The van der Waals surface area contributed by atoms with Crippen molar-refractivity contribution in [1.29, 1.82) is 0 Å². The molecule has 6 nitrogen and oxygen atoms in total. The number of carbonyl (C=O) groups excluding carboxylic acids is 3.